The van der Waals surface area contributed by atoms with Crippen molar-refractivity contribution in [1.82, 2.24) is 9.78 Å². The van der Waals surface area contributed by atoms with Crippen LogP contribution in [-0.4, -0.2) is 14.9 Å². The molecule has 1 aromatic carbocycles. The number of aliphatic hydroxyl groups is 1. The first-order chi connectivity index (χ1) is 8.47. The van der Waals surface area contributed by atoms with E-state index in [-0.39, 0.29) is 12.0 Å². The molecule has 0 amide bonds. The first-order valence-corrected chi connectivity index (χ1v) is 5.59. The van der Waals surface area contributed by atoms with Gasteiger partial charge in [0.25, 0.3) is 0 Å². The van der Waals surface area contributed by atoms with Crippen LogP contribution >= 0.6 is 0 Å². The molecule has 1 aromatic heterocycles. The molecule has 0 radical (unpaired) electrons. The predicted octanol–water partition coefficient (Wildman–Crippen LogP) is 2.28. The average Bonchev–Trinajstić information content (AvgIpc) is 2.69. The molecule has 1 N–H and O–H groups in total. The van der Waals surface area contributed by atoms with Crippen molar-refractivity contribution in [1.29, 1.82) is 0 Å². The van der Waals surface area contributed by atoms with Crippen molar-refractivity contribution < 1.29 is 13.9 Å². The standard InChI is InChI=1S/C13H14F2N2O/c1-8-5-10(12(15)7-11(8)14)13(18)6-9-3-4-17(2)16-9/h3-5,7,13,18H,6H2,1-2H3. The second-order valence-corrected chi connectivity index (χ2v) is 4.32. The Morgan fingerprint density at radius 1 is 1.33 bits per heavy atom. The lowest BCUT2D eigenvalue weighted by Gasteiger charge is -2.12. The van der Waals surface area contributed by atoms with Gasteiger partial charge in [0, 0.05) is 31.3 Å². The number of hydrogen-bond donors (Lipinski definition) is 1. The van der Waals surface area contributed by atoms with Crippen LogP contribution in [0.4, 0.5) is 8.78 Å². The lowest BCUT2D eigenvalue weighted by atomic mass is 10.0. The summed E-state index contributed by atoms with van der Waals surface area (Å²) in [5.41, 5.74) is 1.07. The second-order valence-electron chi connectivity index (χ2n) is 4.32. The maximum absolute atomic E-state index is 13.6. The number of benzene rings is 1. The fourth-order valence-corrected chi connectivity index (χ4v) is 1.82. The van der Waals surface area contributed by atoms with Crippen LogP contribution < -0.4 is 0 Å². The van der Waals surface area contributed by atoms with Gasteiger partial charge in [-0.05, 0) is 24.6 Å². The second kappa shape index (κ2) is 4.86. The maximum Gasteiger partial charge on any atom is 0.131 e. The number of halogens is 2. The molecule has 2 rings (SSSR count). The van der Waals surface area contributed by atoms with E-state index in [2.05, 4.69) is 5.10 Å². The van der Waals surface area contributed by atoms with Crippen LogP contribution in [0.25, 0.3) is 0 Å². The molecule has 5 heteroatoms. The van der Waals surface area contributed by atoms with Gasteiger partial charge in [-0.1, -0.05) is 0 Å². The fraction of sp³-hybridized carbons (Fsp3) is 0.308. The SMILES string of the molecule is Cc1cc(C(O)Cc2ccn(C)n2)c(F)cc1F. The Balaban J connectivity index is 2.23. The minimum atomic E-state index is -1.03. The van der Waals surface area contributed by atoms with Crippen molar-refractivity contribution in [3.8, 4) is 0 Å². The van der Waals surface area contributed by atoms with Crippen LogP contribution in [0.2, 0.25) is 0 Å². The maximum atomic E-state index is 13.6. The van der Waals surface area contributed by atoms with Crippen LogP contribution in [0.1, 0.15) is 22.9 Å². The van der Waals surface area contributed by atoms with Gasteiger partial charge < -0.3 is 5.11 Å². The van der Waals surface area contributed by atoms with E-state index in [4.69, 9.17) is 0 Å². The molecule has 18 heavy (non-hydrogen) atoms. The highest BCUT2D eigenvalue weighted by Crippen LogP contribution is 2.23. The van der Waals surface area contributed by atoms with Crippen molar-refractivity contribution in [2.24, 2.45) is 7.05 Å². The van der Waals surface area contributed by atoms with E-state index < -0.39 is 17.7 Å². The molecule has 96 valence electrons. The fourth-order valence-electron chi connectivity index (χ4n) is 1.82. The van der Waals surface area contributed by atoms with Crippen molar-refractivity contribution >= 4 is 0 Å². The zero-order chi connectivity index (χ0) is 13.3. The molecular formula is C13H14F2N2O. The number of aromatic nitrogens is 2. The number of nitrogens with zero attached hydrogens (tertiary/aromatic N) is 2. The van der Waals surface area contributed by atoms with Crippen LogP contribution in [-0.2, 0) is 13.5 Å². The molecule has 0 aliphatic carbocycles. The number of aliphatic hydroxyl groups excluding tert-OH is 1. The van der Waals surface area contributed by atoms with Gasteiger partial charge in [0.15, 0.2) is 0 Å². The minimum absolute atomic E-state index is 0.0968. The topological polar surface area (TPSA) is 38.0 Å². The van der Waals surface area contributed by atoms with Crippen molar-refractivity contribution in [3.63, 3.8) is 0 Å². The van der Waals surface area contributed by atoms with Gasteiger partial charge in [-0.25, -0.2) is 8.78 Å². The summed E-state index contributed by atoms with van der Waals surface area (Å²) in [5.74, 6) is -1.34. The van der Waals surface area contributed by atoms with E-state index >= 15 is 0 Å². The molecule has 3 nitrogen and oxygen atoms in total. The van der Waals surface area contributed by atoms with Crippen LogP contribution in [0.3, 0.4) is 0 Å². The molecule has 2 aromatic rings. The molecule has 0 bridgehead atoms. The lowest BCUT2D eigenvalue weighted by molar-refractivity contribution is 0.172. The first-order valence-electron chi connectivity index (χ1n) is 5.59. The van der Waals surface area contributed by atoms with E-state index in [9.17, 15) is 13.9 Å². The minimum Gasteiger partial charge on any atom is -0.388 e. The first kappa shape index (κ1) is 12.7. The Morgan fingerprint density at radius 2 is 2.06 bits per heavy atom. The number of rotatable bonds is 3. The van der Waals surface area contributed by atoms with E-state index in [1.807, 2.05) is 0 Å². The molecule has 0 aliphatic rings. The largest absolute Gasteiger partial charge is 0.388 e. The third kappa shape index (κ3) is 2.56. The Hall–Kier alpha value is -1.75. The normalized spacial score (nSPS) is 12.7. The average molecular weight is 252 g/mol. The number of aryl methyl sites for hydroxylation is 2. The third-order valence-electron chi connectivity index (χ3n) is 2.81. The molecule has 0 saturated heterocycles. The van der Waals surface area contributed by atoms with E-state index in [1.165, 1.54) is 13.0 Å². The molecule has 0 fully saturated rings. The third-order valence-corrected chi connectivity index (χ3v) is 2.81. The lowest BCUT2D eigenvalue weighted by Crippen LogP contribution is -2.06. The molecule has 1 heterocycles. The Labute approximate surface area is 104 Å². The highest BCUT2D eigenvalue weighted by Gasteiger charge is 2.16. The molecule has 1 atom stereocenters. The van der Waals surface area contributed by atoms with Crippen molar-refractivity contribution in [2.75, 3.05) is 0 Å². The van der Waals surface area contributed by atoms with E-state index in [1.54, 1.807) is 24.0 Å². The van der Waals surface area contributed by atoms with Gasteiger partial charge in [0.05, 0.1) is 11.8 Å². The Bertz CT molecular complexity index is 566. The molecule has 0 saturated carbocycles. The molecule has 0 aliphatic heterocycles. The summed E-state index contributed by atoms with van der Waals surface area (Å²) in [6, 6.07) is 3.88. The van der Waals surface area contributed by atoms with E-state index in [0.29, 0.717) is 11.3 Å². The monoisotopic (exact) mass is 252 g/mol. The summed E-state index contributed by atoms with van der Waals surface area (Å²) in [7, 11) is 1.76. The summed E-state index contributed by atoms with van der Waals surface area (Å²) < 4.78 is 28.3. The van der Waals surface area contributed by atoms with Gasteiger partial charge >= 0.3 is 0 Å². The van der Waals surface area contributed by atoms with Gasteiger partial charge in [-0.15, -0.1) is 0 Å². The molecule has 0 spiro atoms. The summed E-state index contributed by atoms with van der Waals surface area (Å²) >= 11 is 0. The van der Waals surface area contributed by atoms with Crippen LogP contribution in [0.5, 0.6) is 0 Å². The number of hydrogen-bond acceptors (Lipinski definition) is 2. The zero-order valence-corrected chi connectivity index (χ0v) is 10.2. The van der Waals surface area contributed by atoms with Gasteiger partial charge in [-0.3, -0.25) is 4.68 Å². The van der Waals surface area contributed by atoms with Gasteiger partial charge in [-0.2, -0.15) is 5.10 Å². The van der Waals surface area contributed by atoms with Crippen molar-refractivity contribution in [2.45, 2.75) is 19.4 Å². The van der Waals surface area contributed by atoms with E-state index in [0.717, 1.165) is 6.07 Å². The van der Waals surface area contributed by atoms with Crippen LogP contribution in [0.15, 0.2) is 24.4 Å². The summed E-state index contributed by atoms with van der Waals surface area (Å²) in [4.78, 5) is 0. The van der Waals surface area contributed by atoms with Crippen molar-refractivity contribution in [3.05, 3.63) is 52.9 Å². The summed E-state index contributed by atoms with van der Waals surface area (Å²) in [5, 5.41) is 14.1. The summed E-state index contributed by atoms with van der Waals surface area (Å²) in [6.07, 6.45) is 0.913. The smallest absolute Gasteiger partial charge is 0.131 e. The van der Waals surface area contributed by atoms with Gasteiger partial charge in [0.2, 0.25) is 0 Å². The van der Waals surface area contributed by atoms with Gasteiger partial charge in [0.1, 0.15) is 11.6 Å². The highest BCUT2D eigenvalue weighted by atomic mass is 19.1. The predicted molar refractivity (Wildman–Crippen MR) is 63.0 cm³/mol. The van der Waals surface area contributed by atoms with Crippen LogP contribution in [0, 0.1) is 18.6 Å². The highest BCUT2D eigenvalue weighted by molar-refractivity contribution is 5.28. The summed E-state index contributed by atoms with van der Waals surface area (Å²) in [6.45, 7) is 1.53. The Kier molecular flexibility index (Phi) is 3.43. The quantitative estimate of drug-likeness (QED) is 0.910. The molecular weight excluding hydrogens is 238 g/mol. The Morgan fingerprint density at radius 3 is 2.67 bits per heavy atom. The zero-order valence-electron chi connectivity index (χ0n) is 10.2. The molecule has 1 unspecified atom stereocenters.